The van der Waals surface area contributed by atoms with E-state index < -0.39 is 6.10 Å². The van der Waals surface area contributed by atoms with E-state index in [-0.39, 0.29) is 6.61 Å². The molecule has 1 aliphatic rings. The van der Waals surface area contributed by atoms with Crippen molar-refractivity contribution in [2.45, 2.75) is 31.8 Å². The Morgan fingerprint density at radius 3 is 2.95 bits per heavy atom. The number of nitriles is 1. The van der Waals surface area contributed by atoms with Crippen LogP contribution in [0.1, 0.15) is 31.2 Å². The summed E-state index contributed by atoms with van der Waals surface area (Å²) in [7, 11) is 0. The van der Waals surface area contributed by atoms with E-state index >= 15 is 0 Å². The lowest BCUT2D eigenvalue weighted by Gasteiger charge is -2.13. The molecule has 20 heavy (non-hydrogen) atoms. The third-order valence-electron chi connectivity index (χ3n) is 3.48. The van der Waals surface area contributed by atoms with Crippen LogP contribution in [0.5, 0.6) is 5.75 Å². The van der Waals surface area contributed by atoms with Crippen LogP contribution in [0, 0.1) is 17.2 Å². The Balaban J connectivity index is 1.59. The number of benzene rings is 1. The number of aliphatic hydroxyl groups is 1. The zero-order valence-electron chi connectivity index (χ0n) is 11.7. The highest BCUT2D eigenvalue weighted by Gasteiger charge is 2.19. The monoisotopic (exact) mass is 274 g/mol. The zero-order chi connectivity index (χ0) is 14.2. The van der Waals surface area contributed by atoms with Gasteiger partial charge in [0, 0.05) is 6.54 Å². The normalized spacial score (nSPS) is 15.6. The maximum Gasteiger partial charge on any atom is 0.137 e. The van der Waals surface area contributed by atoms with Crippen molar-refractivity contribution in [3.8, 4) is 11.8 Å². The Kier molecular flexibility index (Phi) is 5.85. The van der Waals surface area contributed by atoms with Gasteiger partial charge in [0.15, 0.2) is 0 Å². The molecule has 0 saturated heterocycles. The van der Waals surface area contributed by atoms with Gasteiger partial charge in [-0.15, -0.1) is 0 Å². The van der Waals surface area contributed by atoms with Crippen molar-refractivity contribution in [1.82, 2.24) is 5.32 Å². The summed E-state index contributed by atoms with van der Waals surface area (Å²) in [5, 5.41) is 22.0. The highest BCUT2D eigenvalue weighted by atomic mass is 16.5. The van der Waals surface area contributed by atoms with Gasteiger partial charge in [-0.1, -0.05) is 25.0 Å². The summed E-state index contributed by atoms with van der Waals surface area (Å²) in [5.74, 6) is 1.50. The predicted molar refractivity (Wildman–Crippen MR) is 77.5 cm³/mol. The number of rotatable bonds is 9. The molecule has 0 aromatic heterocycles. The van der Waals surface area contributed by atoms with Gasteiger partial charge in [-0.05, 0) is 37.4 Å². The van der Waals surface area contributed by atoms with Gasteiger partial charge < -0.3 is 15.2 Å². The van der Waals surface area contributed by atoms with Crippen LogP contribution < -0.4 is 10.1 Å². The second kappa shape index (κ2) is 7.88. The summed E-state index contributed by atoms with van der Waals surface area (Å²) in [5.41, 5.74) is 0.497. The fraction of sp³-hybridized carbons (Fsp3) is 0.562. The number of para-hydroxylation sites is 1. The van der Waals surface area contributed by atoms with E-state index in [1.165, 1.54) is 25.7 Å². The summed E-state index contributed by atoms with van der Waals surface area (Å²) in [6.45, 7) is 1.68. The number of aliphatic hydroxyl groups excluding tert-OH is 1. The Labute approximate surface area is 120 Å². The Morgan fingerprint density at radius 1 is 1.40 bits per heavy atom. The summed E-state index contributed by atoms with van der Waals surface area (Å²) < 4.78 is 5.48. The molecule has 0 heterocycles. The first kappa shape index (κ1) is 14.8. The van der Waals surface area contributed by atoms with Gasteiger partial charge in [-0.25, -0.2) is 0 Å². The third-order valence-corrected chi connectivity index (χ3v) is 3.48. The van der Waals surface area contributed by atoms with Crippen molar-refractivity contribution in [3.63, 3.8) is 0 Å². The molecule has 1 aliphatic carbocycles. The minimum absolute atomic E-state index is 0.203. The fourth-order valence-electron chi connectivity index (χ4n) is 2.12. The van der Waals surface area contributed by atoms with Gasteiger partial charge in [0.2, 0.25) is 0 Å². The van der Waals surface area contributed by atoms with Crippen LogP contribution in [0.25, 0.3) is 0 Å². The van der Waals surface area contributed by atoms with Crippen molar-refractivity contribution < 1.29 is 9.84 Å². The quantitative estimate of drug-likeness (QED) is 0.677. The first-order chi connectivity index (χ1) is 9.79. The summed E-state index contributed by atoms with van der Waals surface area (Å²) in [6, 6.07) is 9.14. The molecule has 1 saturated carbocycles. The average Bonchev–Trinajstić information content (AvgIpc) is 3.29. The van der Waals surface area contributed by atoms with E-state index in [0.29, 0.717) is 17.9 Å². The largest absolute Gasteiger partial charge is 0.489 e. The molecule has 2 rings (SSSR count). The second-order valence-corrected chi connectivity index (χ2v) is 5.36. The molecule has 1 aromatic carbocycles. The highest BCUT2D eigenvalue weighted by molar-refractivity contribution is 5.42. The van der Waals surface area contributed by atoms with Crippen LogP contribution in [-0.2, 0) is 0 Å². The van der Waals surface area contributed by atoms with Gasteiger partial charge in [0.25, 0.3) is 0 Å². The number of nitrogens with one attached hydrogen (secondary N) is 1. The molecular formula is C16H22N2O2. The van der Waals surface area contributed by atoms with Crippen molar-refractivity contribution >= 4 is 0 Å². The Hall–Kier alpha value is -1.57. The summed E-state index contributed by atoms with van der Waals surface area (Å²) in [4.78, 5) is 0. The number of ether oxygens (including phenoxy) is 1. The van der Waals surface area contributed by atoms with E-state index in [2.05, 4.69) is 11.4 Å². The second-order valence-electron chi connectivity index (χ2n) is 5.36. The van der Waals surface area contributed by atoms with E-state index in [1.54, 1.807) is 18.2 Å². The summed E-state index contributed by atoms with van der Waals surface area (Å²) in [6.07, 6.45) is 4.72. The number of nitrogens with zero attached hydrogens (tertiary/aromatic N) is 1. The molecule has 4 nitrogen and oxygen atoms in total. The van der Waals surface area contributed by atoms with Crippen LogP contribution >= 0.6 is 0 Å². The van der Waals surface area contributed by atoms with Crippen molar-refractivity contribution in [2.24, 2.45) is 5.92 Å². The molecule has 0 radical (unpaired) electrons. The zero-order valence-corrected chi connectivity index (χ0v) is 11.7. The maximum atomic E-state index is 9.82. The van der Waals surface area contributed by atoms with Gasteiger partial charge in [-0.3, -0.25) is 0 Å². The molecule has 0 spiro atoms. The molecule has 1 aromatic rings. The third kappa shape index (κ3) is 5.20. The molecule has 0 bridgehead atoms. The number of hydrogen-bond acceptors (Lipinski definition) is 4. The van der Waals surface area contributed by atoms with Crippen LogP contribution in [0.2, 0.25) is 0 Å². The fourth-order valence-corrected chi connectivity index (χ4v) is 2.12. The van der Waals surface area contributed by atoms with E-state index in [1.807, 2.05) is 6.07 Å². The Morgan fingerprint density at radius 2 is 2.20 bits per heavy atom. The van der Waals surface area contributed by atoms with Crippen LogP contribution in [0.4, 0.5) is 0 Å². The SMILES string of the molecule is N#Cc1ccccc1OCC(O)CNCCCC1CC1. The lowest BCUT2D eigenvalue weighted by molar-refractivity contribution is 0.106. The molecule has 0 aliphatic heterocycles. The van der Waals surface area contributed by atoms with E-state index in [4.69, 9.17) is 10.00 Å². The molecule has 4 heteroatoms. The average molecular weight is 274 g/mol. The van der Waals surface area contributed by atoms with Crippen LogP contribution in [0.15, 0.2) is 24.3 Å². The van der Waals surface area contributed by atoms with E-state index in [9.17, 15) is 5.11 Å². The van der Waals surface area contributed by atoms with Gasteiger partial charge in [0.1, 0.15) is 24.5 Å². The minimum atomic E-state index is -0.553. The standard InChI is InChI=1S/C16H22N2O2/c17-10-14-5-1-2-6-16(14)20-12-15(19)11-18-9-3-4-13-7-8-13/h1-2,5-6,13,15,18-19H,3-4,7-9,11-12H2. The Bertz CT molecular complexity index is 452. The maximum absolute atomic E-state index is 9.82. The lowest BCUT2D eigenvalue weighted by atomic mass is 10.2. The molecule has 0 amide bonds. The molecule has 108 valence electrons. The van der Waals surface area contributed by atoms with Gasteiger partial charge >= 0.3 is 0 Å². The number of hydrogen-bond donors (Lipinski definition) is 2. The van der Waals surface area contributed by atoms with Crippen LogP contribution in [0.3, 0.4) is 0 Å². The van der Waals surface area contributed by atoms with Gasteiger partial charge in [0.05, 0.1) is 5.56 Å². The van der Waals surface area contributed by atoms with Gasteiger partial charge in [-0.2, -0.15) is 5.26 Å². The minimum Gasteiger partial charge on any atom is -0.489 e. The molecule has 1 atom stereocenters. The summed E-state index contributed by atoms with van der Waals surface area (Å²) >= 11 is 0. The first-order valence-corrected chi connectivity index (χ1v) is 7.30. The topological polar surface area (TPSA) is 65.3 Å². The predicted octanol–water partition coefficient (Wildman–Crippen LogP) is 2.08. The van der Waals surface area contributed by atoms with Crippen molar-refractivity contribution in [2.75, 3.05) is 19.7 Å². The molecule has 1 unspecified atom stereocenters. The molecule has 2 N–H and O–H groups in total. The van der Waals surface area contributed by atoms with E-state index in [0.717, 1.165) is 12.5 Å². The molecular weight excluding hydrogens is 252 g/mol. The molecule has 1 fully saturated rings. The van der Waals surface area contributed by atoms with Crippen molar-refractivity contribution in [1.29, 1.82) is 5.26 Å². The first-order valence-electron chi connectivity index (χ1n) is 7.30. The highest BCUT2D eigenvalue weighted by Crippen LogP contribution is 2.33. The van der Waals surface area contributed by atoms with Crippen LogP contribution in [-0.4, -0.2) is 30.9 Å². The lowest BCUT2D eigenvalue weighted by Crippen LogP contribution is -2.32. The smallest absolute Gasteiger partial charge is 0.137 e. The van der Waals surface area contributed by atoms with Crippen molar-refractivity contribution in [3.05, 3.63) is 29.8 Å².